The Bertz CT molecular complexity index is 1120. The van der Waals surface area contributed by atoms with Crippen LogP contribution in [0.5, 0.6) is 0 Å². The van der Waals surface area contributed by atoms with Crippen molar-refractivity contribution in [2.24, 2.45) is 5.92 Å². The number of carbonyl (C=O) groups excluding carboxylic acids is 1. The molecule has 0 aliphatic carbocycles. The molecule has 1 amide bonds. The summed E-state index contributed by atoms with van der Waals surface area (Å²) < 4.78 is 0. The van der Waals surface area contributed by atoms with Gasteiger partial charge in [-0.3, -0.25) is 9.69 Å². The van der Waals surface area contributed by atoms with Gasteiger partial charge >= 0.3 is 0 Å². The molecule has 0 saturated carbocycles. The molecule has 2 aromatic carbocycles. The number of rotatable bonds is 8. The van der Waals surface area contributed by atoms with Gasteiger partial charge in [0.2, 0.25) is 5.91 Å². The Labute approximate surface area is 224 Å². The second-order valence-electron chi connectivity index (χ2n) is 10.0. The summed E-state index contributed by atoms with van der Waals surface area (Å²) in [7, 11) is 2.18. The molecule has 2 atom stereocenters. The van der Waals surface area contributed by atoms with Crippen LogP contribution in [-0.2, 0) is 4.79 Å². The van der Waals surface area contributed by atoms with Crippen LogP contribution in [0, 0.1) is 22.7 Å². The number of nitrogens with one attached hydrogen (secondary N) is 3. The predicted octanol–water partition coefficient (Wildman–Crippen LogP) is 4.13. The molecule has 37 heavy (non-hydrogen) atoms. The van der Waals surface area contributed by atoms with Gasteiger partial charge in [-0.05, 0) is 69.3 Å². The fraction of sp³-hybridized carbons (Fsp3) is 0.464. The number of anilines is 3. The van der Waals surface area contributed by atoms with Gasteiger partial charge in [-0.1, -0.05) is 11.6 Å². The van der Waals surface area contributed by atoms with Gasteiger partial charge in [0.1, 0.15) is 6.07 Å². The molecular formula is C28H36ClN7O. The number of piperazine rings is 1. The van der Waals surface area contributed by atoms with Gasteiger partial charge in [0, 0.05) is 74.0 Å². The van der Waals surface area contributed by atoms with Crippen molar-refractivity contribution >= 4 is 40.8 Å². The Morgan fingerprint density at radius 1 is 1.08 bits per heavy atom. The van der Waals surface area contributed by atoms with Crippen molar-refractivity contribution in [1.29, 1.82) is 10.7 Å². The molecule has 0 spiro atoms. The number of nitriles is 1. The first kappa shape index (κ1) is 26.9. The average Bonchev–Trinajstić information content (AvgIpc) is 2.91. The van der Waals surface area contributed by atoms with Gasteiger partial charge in [-0.25, -0.2) is 0 Å². The van der Waals surface area contributed by atoms with Gasteiger partial charge in [-0.2, -0.15) is 5.26 Å². The van der Waals surface area contributed by atoms with E-state index in [2.05, 4.69) is 38.5 Å². The molecule has 2 aromatic rings. The Morgan fingerprint density at radius 3 is 2.35 bits per heavy atom. The third-order valence-electron chi connectivity index (χ3n) is 7.50. The summed E-state index contributed by atoms with van der Waals surface area (Å²) in [6.07, 6.45) is 3.33. The zero-order chi connectivity index (χ0) is 26.4. The molecule has 2 aliphatic rings. The number of hydrogen-bond donors (Lipinski definition) is 3. The van der Waals surface area contributed by atoms with E-state index in [1.54, 1.807) is 18.2 Å². The van der Waals surface area contributed by atoms with Crippen molar-refractivity contribution in [2.45, 2.75) is 31.8 Å². The maximum Gasteiger partial charge on any atom is 0.234 e. The summed E-state index contributed by atoms with van der Waals surface area (Å²) in [5.41, 5.74) is 2.85. The molecule has 2 saturated heterocycles. The highest BCUT2D eigenvalue weighted by molar-refractivity contribution is 6.30. The summed E-state index contributed by atoms with van der Waals surface area (Å²) in [5.74, 6) is -0.983. The summed E-state index contributed by atoms with van der Waals surface area (Å²) in [6, 6.07) is 15.3. The van der Waals surface area contributed by atoms with Crippen LogP contribution in [0.1, 0.15) is 25.3 Å². The summed E-state index contributed by atoms with van der Waals surface area (Å²) in [4.78, 5) is 20.3. The van der Waals surface area contributed by atoms with E-state index in [4.69, 9.17) is 17.0 Å². The lowest BCUT2D eigenvalue weighted by Gasteiger charge is -2.42. The number of benzene rings is 2. The van der Waals surface area contributed by atoms with E-state index in [0.29, 0.717) is 22.3 Å². The molecule has 0 bridgehead atoms. The number of carbonyl (C=O) groups is 1. The summed E-state index contributed by atoms with van der Waals surface area (Å²) in [5, 5.41) is 24.5. The molecule has 0 aromatic heterocycles. The van der Waals surface area contributed by atoms with E-state index >= 15 is 0 Å². The monoisotopic (exact) mass is 521 g/mol. The number of halogens is 1. The fourth-order valence-corrected chi connectivity index (χ4v) is 5.34. The molecule has 9 heteroatoms. The van der Waals surface area contributed by atoms with Crippen molar-refractivity contribution in [2.75, 3.05) is 61.8 Å². The van der Waals surface area contributed by atoms with E-state index < -0.39 is 5.92 Å². The van der Waals surface area contributed by atoms with Crippen LogP contribution in [-0.4, -0.2) is 80.3 Å². The van der Waals surface area contributed by atoms with Gasteiger partial charge < -0.3 is 25.8 Å². The van der Waals surface area contributed by atoms with Crippen LogP contribution in [0.25, 0.3) is 0 Å². The summed E-state index contributed by atoms with van der Waals surface area (Å²) in [6.45, 7) is 8.20. The second-order valence-corrected chi connectivity index (χ2v) is 10.5. The normalized spacial score (nSPS) is 19.0. The Balaban J connectivity index is 1.36. The van der Waals surface area contributed by atoms with Crippen molar-refractivity contribution in [3.63, 3.8) is 0 Å². The van der Waals surface area contributed by atoms with Crippen LogP contribution < -0.4 is 15.5 Å². The quantitative estimate of drug-likeness (QED) is 0.452. The number of piperidine rings is 1. The first-order valence-electron chi connectivity index (χ1n) is 12.9. The van der Waals surface area contributed by atoms with E-state index in [1.165, 1.54) is 0 Å². The largest absolute Gasteiger partial charge is 0.381 e. The van der Waals surface area contributed by atoms with Crippen LogP contribution >= 0.6 is 11.6 Å². The molecule has 3 N–H and O–H groups in total. The third-order valence-corrected chi connectivity index (χ3v) is 7.76. The first-order valence-corrected chi connectivity index (χ1v) is 13.3. The lowest BCUT2D eigenvalue weighted by Crippen LogP contribution is -2.52. The van der Waals surface area contributed by atoms with Crippen molar-refractivity contribution in [3.8, 4) is 6.07 Å². The standard InChI is InChI=1S/C28H36ClN7O/c1-20(32-23-5-3-22(29)4-6-23)26(19-31)28(37)33-24-7-8-27(21(17-24)18-30)36-11-9-25(10-12-36)35-15-13-34(2)14-16-35/h3-8,17,19-20,25-26,31-32H,9-16H2,1-2H3,(H,33,37). The zero-order valence-corrected chi connectivity index (χ0v) is 22.3. The highest BCUT2D eigenvalue weighted by atomic mass is 35.5. The highest BCUT2D eigenvalue weighted by Gasteiger charge is 2.28. The molecule has 2 unspecified atom stereocenters. The minimum absolute atomic E-state index is 0.298. The fourth-order valence-electron chi connectivity index (χ4n) is 5.21. The third kappa shape index (κ3) is 6.80. The molecule has 196 valence electrons. The maximum absolute atomic E-state index is 13.0. The molecule has 0 radical (unpaired) electrons. The predicted molar refractivity (Wildman–Crippen MR) is 151 cm³/mol. The van der Waals surface area contributed by atoms with Crippen molar-refractivity contribution in [1.82, 2.24) is 9.80 Å². The van der Waals surface area contributed by atoms with E-state index in [0.717, 1.165) is 69.7 Å². The Kier molecular flexibility index (Phi) is 9.04. The second kappa shape index (κ2) is 12.4. The zero-order valence-electron chi connectivity index (χ0n) is 21.6. The van der Waals surface area contributed by atoms with Gasteiger partial charge in [-0.15, -0.1) is 0 Å². The SMILES string of the molecule is CC(Nc1ccc(Cl)cc1)C(C=N)C(=O)Nc1ccc(N2CCC(N3CCN(C)CC3)CC2)c(C#N)c1. The molecule has 2 heterocycles. The lowest BCUT2D eigenvalue weighted by atomic mass is 10.00. The minimum atomic E-state index is -0.686. The number of likely N-dealkylation sites (N-methyl/N-ethyl adjacent to an activating group) is 1. The Hall–Kier alpha value is -3.12. The van der Waals surface area contributed by atoms with Gasteiger partial charge in [0.25, 0.3) is 0 Å². The topological polar surface area (TPSA) is 98.5 Å². The van der Waals surface area contributed by atoms with Crippen LogP contribution in [0.4, 0.5) is 17.1 Å². The highest BCUT2D eigenvalue weighted by Crippen LogP contribution is 2.28. The first-order chi connectivity index (χ1) is 17.9. The van der Waals surface area contributed by atoms with E-state index in [9.17, 15) is 10.1 Å². The maximum atomic E-state index is 13.0. The molecular weight excluding hydrogens is 486 g/mol. The van der Waals surface area contributed by atoms with Gasteiger partial charge in [0.05, 0.1) is 17.2 Å². The van der Waals surface area contributed by atoms with Crippen molar-refractivity contribution < 1.29 is 4.79 Å². The van der Waals surface area contributed by atoms with Crippen LogP contribution in [0.2, 0.25) is 5.02 Å². The van der Waals surface area contributed by atoms with Crippen LogP contribution in [0.3, 0.4) is 0 Å². The Morgan fingerprint density at radius 2 is 1.73 bits per heavy atom. The minimum Gasteiger partial charge on any atom is -0.381 e. The average molecular weight is 522 g/mol. The smallest absolute Gasteiger partial charge is 0.234 e. The molecule has 2 fully saturated rings. The van der Waals surface area contributed by atoms with Crippen LogP contribution in [0.15, 0.2) is 42.5 Å². The van der Waals surface area contributed by atoms with Gasteiger partial charge in [0.15, 0.2) is 0 Å². The number of amides is 1. The van der Waals surface area contributed by atoms with E-state index in [1.807, 2.05) is 31.2 Å². The summed E-state index contributed by atoms with van der Waals surface area (Å²) >= 11 is 5.95. The van der Waals surface area contributed by atoms with Crippen molar-refractivity contribution in [3.05, 3.63) is 53.1 Å². The number of nitrogens with zero attached hydrogens (tertiary/aromatic N) is 4. The lowest BCUT2D eigenvalue weighted by molar-refractivity contribution is -0.118. The molecule has 2 aliphatic heterocycles. The molecule has 8 nitrogen and oxygen atoms in total. The van der Waals surface area contributed by atoms with E-state index in [-0.39, 0.29) is 11.9 Å². The number of hydrogen-bond acceptors (Lipinski definition) is 7. The molecule has 4 rings (SSSR count).